The Balaban J connectivity index is 2.89. The minimum Gasteiger partial charge on any atom is -0.479 e. The number of fused-ring (bicyclic) bond motifs is 1. The molecule has 1 amide bonds. The molecule has 2 rings (SSSR count). The molecule has 3 N–H and O–H groups in total. The van der Waals surface area contributed by atoms with Crippen molar-refractivity contribution in [3.05, 3.63) is 28.7 Å². The van der Waals surface area contributed by atoms with E-state index in [0.717, 1.165) is 11.3 Å². The predicted octanol–water partition coefficient (Wildman–Crippen LogP) is 1.54. The van der Waals surface area contributed by atoms with Gasteiger partial charge in [-0.3, -0.25) is 9.59 Å². The van der Waals surface area contributed by atoms with Crippen LogP contribution in [0.2, 0.25) is 0 Å². The molecule has 0 saturated heterocycles. The van der Waals surface area contributed by atoms with E-state index in [1.165, 1.54) is 0 Å². The van der Waals surface area contributed by atoms with Crippen LogP contribution in [0.15, 0.2) is 6.20 Å². The number of aliphatic carboxylic acids is 1. The zero-order valence-electron chi connectivity index (χ0n) is 15.3. The zero-order valence-corrected chi connectivity index (χ0v) is 15.3. The molecule has 0 aliphatic carbocycles. The molecule has 8 heteroatoms. The minimum atomic E-state index is -1.17. The lowest BCUT2D eigenvalue weighted by Crippen LogP contribution is -2.24. The molecule has 0 aliphatic heterocycles. The molecule has 0 bridgehead atoms. The fourth-order valence-corrected chi connectivity index (χ4v) is 3.08. The lowest BCUT2D eigenvalue weighted by Gasteiger charge is -2.09. The molecular formula is C18H23N3O5. The monoisotopic (exact) mass is 361 g/mol. The van der Waals surface area contributed by atoms with Crippen molar-refractivity contribution in [3.8, 4) is 5.88 Å². The molecule has 0 spiro atoms. The number of Topliss-reactive ketones (excluding diaryl/α,β-unsaturated/α-hetero) is 1. The average Bonchev–Trinajstić information content (AvgIpc) is 2.83. The van der Waals surface area contributed by atoms with E-state index in [0.29, 0.717) is 18.5 Å². The summed E-state index contributed by atoms with van der Waals surface area (Å²) in [5.74, 6) is -2.84. The number of hydrogen-bond acceptors (Lipinski definition) is 5. The lowest BCUT2D eigenvalue weighted by molar-refractivity contribution is -0.139. The lowest BCUT2D eigenvalue weighted by atomic mass is 9.95. The second-order valence-electron chi connectivity index (χ2n) is 6.53. The van der Waals surface area contributed by atoms with E-state index in [4.69, 9.17) is 15.6 Å². The second-order valence-corrected chi connectivity index (χ2v) is 6.53. The number of aryl methyl sites for hydroxylation is 2. The summed E-state index contributed by atoms with van der Waals surface area (Å²) in [5.41, 5.74) is 7.86. The number of amides is 1. The molecule has 2 aromatic rings. The van der Waals surface area contributed by atoms with Gasteiger partial charge in [0.2, 0.25) is 5.88 Å². The highest BCUT2D eigenvalue weighted by atomic mass is 16.5. The van der Waals surface area contributed by atoms with E-state index in [9.17, 15) is 14.4 Å². The van der Waals surface area contributed by atoms with Crippen LogP contribution in [0.25, 0.3) is 5.52 Å². The fourth-order valence-electron chi connectivity index (χ4n) is 3.08. The van der Waals surface area contributed by atoms with Crippen LogP contribution in [-0.2, 0) is 22.4 Å². The maximum Gasteiger partial charge on any atom is 0.341 e. The number of aromatic nitrogens is 2. The van der Waals surface area contributed by atoms with Gasteiger partial charge in [-0.1, -0.05) is 20.8 Å². The standard InChI is InChI=1S/C18H23N3O5/c1-5-12-11(6-9(2)3)14(16(24)17(19)25)15-18(26-8-13(22)23)20-10(4)7-21(12)15/h7,9H,5-6,8H2,1-4H3,(H2,19,25)(H,22,23). The summed E-state index contributed by atoms with van der Waals surface area (Å²) in [6.45, 7) is 7.08. The fraction of sp³-hybridized carbons (Fsp3) is 0.444. The van der Waals surface area contributed by atoms with Crippen LogP contribution in [0.5, 0.6) is 5.88 Å². The number of carbonyl (C=O) groups excluding carboxylic acids is 2. The van der Waals surface area contributed by atoms with Crippen LogP contribution < -0.4 is 10.5 Å². The van der Waals surface area contributed by atoms with Gasteiger partial charge in [-0.05, 0) is 31.2 Å². The Kier molecular flexibility index (Phi) is 5.64. The number of hydrogen-bond donors (Lipinski definition) is 2. The van der Waals surface area contributed by atoms with Gasteiger partial charge in [0.25, 0.3) is 11.7 Å². The van der Waals surface area contributed by atoms with Crippen molar-refractivity contribution in [1.82, 2.24) is 9.38 Å². The Hall–Kier alpha value is -2.90. The van der Waals surface area contributed by atoms with Crippen LogP contribution in [0, 0.1) is 12.8 Å². The molecule has 8 nitrogen and oxygen atoms in total. The number of carbonyl (C=O) groups is 3. The average molecular weight is 361 g/mol. The van der Waals surface area contributed by atoms with E-state index >= 15 is 0 Å². The molecule has 2 heterocycles. The number of carboxylic acid groups (broad SMARTS) is 1. The topological polar surface area (TPSA) is 124 Å². The maximum absolute atomic E-state index is 12.6. The molecule has 0 radical (unpaired) electrons. The van der Waals surface area contributed by atoms with Crippen LogP contribution in [0.4, 0.5) is 0 Å². The van der Waals surface area contributed by atoms with Gasteiger partial charge in [0.1, 0.15) is 5.52 Å². The summed E-state index contributed by atoms with van der Waals surface area (Å²) < 4.78 is 7.07. The first-order chi connectivity index (χ1) is 12.2. The van der Waals surface area contributed by atoms with E-state index in [2.05, 4.69) is 4.98 Å². The molecule has 26 heavy (non-hydrogen) atoms. The number of ether oxygens (including phenoxy) is 1. The van der Waals surface area contributed by atoms with Gasteiger partial charge in [0, 0.05) is 11.9 Å². The minimum absolute atomic E-state index is 0.00158. The van der Waals surface area contributed by atoms with Gasteiger partial charge in [-0.15, -0.1) is 0 Å². The highest BCUT2D eigenvalue weighted by Gasteiger charge is 2.29. The number of primary amides is 1. The largest absolute Gasteiger partial charge is 0.479 e. The third-order valence-electron chi connectivity index (χ3n) is 3.95. The smallest absolute Gasteiger partial charge is 0.341 e. The molecular weight excluding hydrogens is 338 g/mol. The van der Waals surface area contributed by atoms with E-state index < -0.39 is 24.3 Å². The Labute approximate surface area is 151 Å². The van der Waals surface area contributed by atoms with Gasteiger partial charge in [0.15, 0.2) is 6.61 Å². The number of ketones is 1. The Bertz CT molecular complexity index is 883. The number of nitrogens with zero attached hydrogens (tertiary/aromatic N) is 2. The summed E-state index contributed by atoms with van der Waals surface area (Å²) in [6.07, 6.45) is 2.91. The van der Waals surface area contributed by atoms with Crippen molar-refractivity contribution in [2.45, 2.75) is 40.5 Å². The Morgan fingerprint density at radius 2 is 2.00 bits per heavy atom. The van der Waals surface area contributed by atoms with Crippen molar-refractivity contribution in [3.63, 3.8) is 0 Å². The Morgan fingerprint density at radius 1 is 1.35 bits per heavy atom. The molecule has 140 valence electrons. The van der Waals surface area contributed by atoms with Gasteiger partial charge < -0.3 is 20.0 Å². The van der Waals surface area contributed by atoms with E-state index in [1.54, 1.807) is 17.5 Å². The highest BCUT2D eigenvalue weighted by molar-refractivity contribution is 6.44. The van der Waals surface area contributed by atoms with Gasteiger partial charge in [0.05, 0.1) is 11.3 Å². The molecule has 2 aromatic heterocycles. The highest BCUT2D eigenvalue weighted by Crippen LogP contribution is 2.32. The molecule has 0 aromatic carbocycles. The van der Waals surface area contributed by atoms with E-state index in [1.807, 2.05) is 20.8 Å². The van der Waals surface area contributed by atoms with Gasteiger partial charge in [-0.2, -0.15) is 0 Å². The first-order valence-corrected chi connectivity index (χ1v) is 8.39. The summed E-state index contributed by atoms with van der Waals surface area (Å²) in [7, 11) is 0. The van der Waals surface area contributed by atoms with Gasteiger partial charge in [-0.25, -0.2) is 9.78 Å². The molecule has 0 aliphatic rings. The zero-order chi connectivity index (χ0) is 19.6. The number of nitrogens with two attached hydrogens (primary N) is 1. The summed E-state index contributed by atoms with van der Waals surface area (Å²) in [4.78, 5) is 39.3. The maximum atomic E-state index is 12.6. The third-order valence-corrected chi connectivity index (χ3v) is 3.95. The summed E-state index contributed by atoms with van der Waals surface area (Å²) >= 11 is 0. The molecule has 0 unspecified atom stereocenters. The molecule has 0 fully saturated rings. The van der Waals surface area contributed by atoms with E-state index in [-0.39, 0.29) is 22.9 Å². The quantitative estimate of drug-likeness (QED) is 0.543. The van der Waals surface area contributed by atoms with Gasteiger partial charge >= 0.3 is 5.97 Å². The van der Waals surface area contributed by atoms with Crippen molar-refractivity contribution < 1.29 is 24.2 Å². The van der Waals surface area contributed by atoms with Crippen LogP contribution in [-0.4, -0.2) is 38.8 Å². The molecule has 0 saturated carbocycles. The predicted molar refractivity (Wildman–Crippen MR) is 94.5 cm³/mol. The summed E-state index contributed by atoms with van der Waals surface area (Å²) in [6, 6.07) is 0. The van der Waals surface area contributed by atoms with Crippen molar-refractivity contribution in [2.75, 3.05) is 6.61 Å². The van der Waals surface area contributed by atoms with Crippen LogP contribution in [0.3, 0.4) is 0 Å². The molecule has 0 atom stereocenters. The summed E-state index contributed by atoms with van der Waals surface area (Å²) in [5, 5.41) is 8.91. The van der Waals surface area contributed by atoms with Crippen molar-refractivity contribution >= 4 is 23.2 Å². The Morgan fingerprint density at radius 3 is 2.50 bits per heavy atom. The van der Waals surface area contributed by atoms with Crippen molar-refractivity contribution in [2.24, 2.45) is 11.7 Å². The number of rotatable bonds is 8. The normalized spacial score (nSPS) is 11.1. The number of carboxylic acids is 1. The SMILES string of the molecule is CCc1c(CC(C)C)c(C(=O)C(N)=O)c2c(OCC(=O)O)nc(C)cn12. The third kappa shape index (κ3) is 3.68. The first kappa shape index (κ1) is 19.4. The first-order valence-electron chi connectivity index (χ1n) is 8.39. The van der Waals surface area contributed by atoms with Crippen LogP contribution in [0.1, 0.15) is 48.1 Å². The van der Waals surface area contributed by atoms with Crippen LogP contribution >= 0.6 is 0 Å². The van der Waals surface area contributed by atoms with Crippen molar-refractivity contribution in [1.29, 1.82) is 0 Å². The second kappa shape index (κ2) is 7.55.